The number of aromatic nitrogens is 4. The number of nitrogens with one attached hydrogen (secondary N) is 1. The fourth-order valence-corrected chi connectivity index (χ4v) is 6.67. The monoisotopic (exact) mass is 543 g/mol. The second-order valence-electron chi connectivity index (χ2n) is 11.2. The van der Waals surface area contributed by atoms with E-state index in [-0.39, 0.29) is 11.5 Å². The van der Waals surface area contributed by atoms with E-state index in [1.807, 2.05) is 24.3 Å². The van der Waals surface area contributed by atoms with Crippen molar-refractivity contribution in [1.29, 1.82) is 0 Å². The summed E-state index contributed by atoms with van der Waals surface area (Å²) < 4.78 is 28.3. The first-order chi connectivity index (χ1) is 19.6. The Kier molecular flexibility index (Phi) is 6.59. The molecule has 3 atom stereocenters. The number of ether oxygens (including phenoxy) is 2. The Morgan fingerprint density at radius 3 is 2.67 bits per heavy atom. The highest BCUT2D eigenvalue weighted by Gasteiger charge is 2.34. The molecule has 40 heavy (non-hydrogen) atoms. The lowest BCUT2D eigenvalue weighted by molar-refractivity contribution is 0.223. The van der Waals surface area contributed by atoms with Crippen LogP contribution in [0.2, 0.25) is 0 Å². The van der Waals surface area contributed by atoms with E-state index in [0.717, 1.165) is 44.7 Å². The Morgan fingerprint density at radius 1 is 1.05 bits per heavy atom. The summed E-state index contributed by atoms with van der Waals surface area (Å²) in [5.74, 6) is 0.866. The molecule has 2 unspecified atom stereocenters. The minimum Gasteiger partial charge on any atom is -0.496 e. The maximum atomic E-state index is 16.5. The van der Waals surface area contributed by atoms with Gasteiger partial charge in [-0.3, -0.25) is 0 Å². The number of anilines is 1. The molecule has 2 bridgehead atoms. The summed E-state index contributed by atoms with van der Waals surface area (Å²) in [5, 5.41) is 5.01. The molecule has 0 radical (unpaired) electrons. The Morgan fingerprint density at radius 2 is 1.90 bits per heavy atom. The highest BCUT2D eigenvalue weighted by atomic mass is 19.1. The van der Waals surface area contributed by atoms with Gasteiger partial charge in [-0.15, -0.1) is 0 Å². The van der Waals surface area contributed by atoms with E-state index in [4.69, 9.17) is 14.5 Å². The maximum Gasteiger partial charge on any atom is 0.319 e. The fourth-order valence-electron chi connectivity index (χ4n) is 6.67. The van der Waals surface area contributed by atoms with Gasteiger partial charge in [-0.05, 0) is 70.0 Å². The van der Waals surface area contributed by atoms with E-state index in [2.05, 4.69) is 37.1 Å². The van der Waals surface area contributed by atoms with Crippen LogP contribution in [0.5, 0.6) is 11.8 Å². The molecule has 2 aromatic carbocycles. The van der Waals surface area contributed by atoms with Crippen LogP contribution in [0.15, 0.2) is 36.7 Å². The molecule has 3 fully saturated rings. The van der Waals surface area contributed by atoms with Gasteiger partial charge >= 0.3 is 6.01 Å². The fraction of sp³-hybridized carbons (Fsp3) is 0.467. The van der Waals surface area contributed by atoms with Crippen molar-refractivity contribution in [3.8, 4) is 23.0 Å². The van der Waals surface area contributed by atoms with Crippen molar-refractivity contribution in [2.75, 3.05) is 45.3 Å². The highest BCUT2D eigenvalue weighted by molar-refractivity contribution is 6.00. The van der Waals surface area contributed by atoms with Gasteiger partial charge in [0.2, 0.25) is 0 Å². The minimum atomic E-state index is -0.453. The molecule has 10 heteroatoms. The zero-order chi connectivity index (χ0) is 27.2. The quantitative estimate of drug-likeness (QED) is 0.369. The van der Waals surface area contributed by atoms with E-state index in [1.54, 1.807) is 13.2 Å². The van der Waals surface area contributed by atoms with E-state index >= 15 is 4.39 Å². The predicted octanol–water partition coefficient (Wildman–Crippen LogP) is 4.19. The topological polar surface area (TPSA) is 88.5 Å². The Balaban J connectivity index is 1.32. The molecule has 5 heterocycles. The second-order valence-corrected chi connectivity index (χ2v) is 11.2. The lowest BCUT2D eigenvalue weighted by Gasteiger charge is -2.34. The Hall–Kier alpha value is -3.63. The number of hydrogen-bond acceptors (Lipinski definition) is 9. The zero-order valence-corrected chi connectivity index (χ0v) is 22.9. The summed E-state index contributed by atoms with van der Waals surface area (Å²) in [6.45, 7) is 3.25. The number of fused-ring (bicyclic) bond motifs is 4. The van der Waals surface area contributed by atoms with E-state index in [1.165, 1.54) is 19.2 Å². The predicted molar refractivity (Wildman–Crippen MR) is 153 cm³/mol. The number of methoxy groups -OCH3 is 1. The molecule has 2 aromatic heterocycles. The third-order valence-corrected chi connectivity index (χ3v) is 8.74. The third-order valence-electron chi connectivity index (χ3n) is 8.74. The van der Waals surface area contributed by atoms with Crippen LogP contribution >= 0.6 is 0 Å². The average molecular weight is 544 g/mol. The first-order valence-electron chi connectivity index (χ1n) is 14.2. The molecule has 0 spiro atoms. The van der Waals surface area contributed by atoms with Crippen LogP contribution in [0.1, 0.15) is 32.1 Å². The molecule has 0 aliphatic carbocycles. The van der Waals surface area contributed by atoms with E-state index in [0.29, 0.717) is 58.0 Å². The lowest BCUT2D eigenvalue weighted by Crippen LogP contribution is -2.51. The van der Waals surface area contributed by atoms with Crippen LogP contribution in [0.4, 0.5) is 10.2 Å². The van der Waals surface area contributed by atoms with Crippen molar-refractivity contribution in [2.24, 2.45) is 0 Å². The van der Waals surface area contributed by atoms with Crippen LogP contribution < -0.4 is 19.7 Å². The van der Waals surface area contributed by atoms with Gasteiger partial charge in [0, 0.05) is 42.2 Å². The molecular weight excluding hydrogens is 509 g/mol. The standard InChI is InChI=1S/C30H34FN7O2/c1-37-13-4-5-20(37)12-14-40-30-35-28-22(29(36-30)38-15-18-8-9-19(16-38)34-18)11-10-21(26(28)31)27-25-23(32-17-33-27)6-3-7-24(25)39-2/h3,6-7,10-11,17-20,34H,4-5,8-9,12-16H2,1-2H3/t18?,19?,20-/m0/s1. The van der Waals surface area contributed by atoms with Gasteiger partial charge in [0.05, 0.1) is 30.3 Å². The van der Waals surface area contributed by atoms with Crippen molar-refractivity contribution in [3.05, 3.63) is 42.5 Å². The molecule has 4 aromatic rings. The number of rotatable bonds is 7. The molecule has 3 aliphatic heterocycles. The maximum absolute atomic E-state index is 16.5. The van der Waals surface area contributed by atoms with Crippen LogP contribution in [-0.2, 0) is 0 Å². The molecule has 1 N–H and O–H groups in total. The smallest absolute Gasteiger partial charge is 0.319 e. The van der Waals surface area contributed by atoms with Gasteiger partial charge in [-0.25, -0.2) is 14.4 Å². The summed E-state index contributed by atoms with van der Waals surface area (Å²) >= 11 is 0. The molecule has 3 saturated heterocycles. The first kappa shape index (κ1) is 25.3. The molecule has 3 aliphatic rings. The summed E-state index contributed by atoms with van der Waals surface area (Å²) in [7, 11) is 3.75. The summed E-state index contributed by atoms with van der Waals surface area (Å²) in [6, 6.07) is 10.8. The number of benzene rings is 2. The van der Waals surface area contributed by atoms with Gasteiger partial charge in [-0.2, -0.15) is 9.97 Å². The number of nitrogens with zero attached hydrogens (tertiary/aromatic N) is 6. The molecule has 208 valence electrons. The molecular formula is C30H34FN7O2. The minimum absolute atomic E-state index is 0.218. The van der Waals surface area contributed by atoms with Gasteiger partial charge < -0.3 is 24.6 Å². The average Bonchev–Trinajstić information content (AvgIpc) is 3.55. The van der Waals surface area contributed by atoms with Crippen LogP contribution in [0, 0.1) is 5.82 Å². The summed E-state index contributed by atoms with van der Waals surface area (Å²) in [4.78, 5) is 23.0. The third kappa shape index (κ3) is 4.49. The van der Waals surface area contributed by atoms with Gasteiger partial charge in [0.15, 0.2) is 5.82 Å². The lowest BCUT2D eigenvalue weighted by atomic mass is 10.0. The van der Waals surface area contributed by atoms with Crippen LogP contribution in [0.25, 0.3) is 33.1 Å². The van der Waals surface area contributed by atoms with Gasteiger partial charge in [0.1, 0.15) is 23.4 Å². The number of hydrogen-bond donors (Lipinski definition) is 1. The van der Waals surface area contributed by atoms with E-state index < -0.39 is 5.82 Å². The van der Waals surface area contributed by atoms with Crippen molar-refractivity contribution in [2.45, 2.75) is 50.2 Å². The first-order valence-corrected chi connectivity index (χ1v) is 14.2. The zero-order valence-electron chi connectivity index (χ0n) is 22.9. The van der Waals surface area contributed by atoms with Crippen molar-refractivity contribution < 1.29 is 13.9 Å². The van der Waals surface area contributed by atoms with Gasteiger partial charge in [-0.1, -0.05) is 6.07 Å². The van der Waals surface area contributed by atoms with Crippen molar-refractivity contribution >= 4 is 27.6 Å². The summed E-state index contributed by atoms with van der Waals surface area (Å²) in [6.07, 6.45) is 7.01. The van der Waals surface area contributed by atoms with Crippen molar-refractivity contribution in [3.63, 3.8) is 0 Å². The molecule has 9 nitrogen and oxygen atoms in total. The number of piperazine rings is 1. The van der Waals surface area contributed by atoms with Crippen LogP contribution in [-0.4, -0.2) is 83.4 Å². The largest absolute Gasteiger partial charge is 0.496 e. The number of likely N-dealkylation sites (tertiary alicyclic amines) is 1. The SMILES string of the molecule is COc1cccc2ncnc(-c3ccc4c(N5CC6CCC(C5)N6)nc(OCC[C@@H]5CCCN5C)nc4c3F)c12. The Labute approximate surface area is 232 Å². The second kappa shape index (κ2) is 10.4. The molecule has 0 saturated carbocycles. The Bertz CT molecular complexity index is 1550. The molecule has 7 rings (SSSR count). The van der Waals surface area contributed by atoms with Crippen LogP contribution in [0.3, 0.4) is 0 Å². The van der Waals surface area contributed by atoms with Crippen molar-refractivity contribution in [1.82, 2.24) is 30.2 Å². The normalized spacial score (nSPS) is 22.9. The van der Waals surface area contributed by atoms with Gasteiger partial charge in [0.25, 0.3) is 0 Å². The van der Waals surface area contributed by atoms with E-state index in [9.17, 15) is 0 Å². The summed E-state index contributed by atoms with van der Waals surface area (Å²) in [5.41, 5.74) is 1.73. The molecule has 0 amide bonds. The number of halogens is 1. The highest BCUT2D eigenvalue weighted by Crippen LogP contribution is 2.38.